The second-order valence-corrected chi connectivity index (χ2v) is 7.56. The van der Waals surface area contributed by atoms with Crippen molar-refractivity contribution in [2.24, 2.45) is 0 Å². The Bertz CT molecular complexity index is 673. The summed E-state index contributed by atoms with van der Waals surface area (Å²) in [6.45, 7) is 0.918. The summed E-state index contributed by atoms with van der Waals surface area (Å²) in [5.74, 6) is 0.147. The van der Waals surface area contributed by atoms with Crippen molar-refractivity contribution in [3.8, 4) is 0 Å². The maximum Gasteiger partial charge on any atom is 0.234 e. The van der Waals surface area contributed by atoms with Gasteiger partial charge in [0.2, 0.25) is 10.0 Å². The number of rotatable bonds is 4. The summed E-state index contributed by atoms with van der Waals surface area (Å²) in [5.41, 5.74) is 0.642. The van der Waals surface area contributed by atoms with E-state index in [2.05, 4.69) is 10.0 Å². The van der Waals surface area contributed by atoms with Gasteiger partial charge < -0.3 is 5.32 Å². The van der Waals surface area contributed by atoms with E-state index in [1.165, 1.54) is 4.70 Å². The topological polar surface area (TPSA) is 58.2 Å². The van der Waals surface area contributed by atoms with Crippen molar-refractivity contribution in [3.05, 3.63) is 29.6 Å². The highest BCUT2D eigenvalue weighted by Gasteiger charge is 2.21. The highest BCUT2D eigenvalue weighted by molar-refractivity contribution is 7.92. The Kier molecular flexibility index (Phi) is 3.47. The molecule has 1 aromatic carbocycles. The highest BCUT2D eigenvalue weighted by Crippen LogP contribution is 2.24. The Balaban J connectivity index is 1.75. The van der Waals surface area contributed by atoms with Crippen LogP contribution in [0.5, 0.6) is 0 Å². The van der Waals surface area contributed by atoms with Gasteiger partial charge >= 0.3 is 0 Å². The zero-order chi connectivity index (χ0) is 13.3. The number of hydrogen-bond acceptors (Lipinski definition) is 4. The maximum atomic E-state index is 12.1. The number of nitrogens with one attached hydrogen (secondary N) is 2. The van der Waals surface area contributed by atoms with Crippen molar-refractivity contribution < 1.29 is 8.42 Å². The number of hydrogen-bond donors (Lipinski definition) is 2. The van der Waals surface area contributed by atoms with Crippen LogP contribution in [0.3, 0.4) is 0 Å². The first-order chi connectivity index (χ1) is 9.12. The van der Waals surface area contributed by atoms with Gasteiger partial charge in [0.1, 0.15) is 0 Å². The molecule has 4 nitrogen and oxygen atoms in total. The second kappa shape index (κ2) is 5.11. The molecule has 0 spiro atoms. The Labute approximate surface area is 116 Å². The third kappa shape index (κ3) is 3.08. The number of benzene rings is 1. The molecule has 2 N–H and O–H groups in total. The molecule has 1 aromatic heterocycles. The van der Waals surface area contributed by atoms with Gasteiger partial charge in [-0.15, -0.1) is 11.3 Å². The quantitative estimate of drug-likeness (QED) is 0.911. The zero-order valence-electron chi connectivity index (χ0n) is 10.4. The van der Waals surface area contributed by atoms with Crippen LogP contribution in [0.15, 0.2) is 29.6 Å². The summed E-state index contributed by atoms with van der Waals surface area (Å²) < 4.78 is 28.0. The number of fused-ring (bicyclic) bond motifs is 1. The molecule has 1 atom stereocenters. The van der Waals surface area contributed by atoms with Gasteiger partial charge in [0, 0.05) is 16.4 Å². The fraction of sp³-hybridized carbons (Fsp3) is 0.385. The van der Waals surface area contributed by atoms with Crippen LogP contribution in [-0.2, 0) is 10.0 Å². The highest BCUT2D eigenvalue weighted by atomic mass is 32.2. The summed E-state index contributed by atoms with van der Waals surface area (Å²) in [6, 6.07) is 7.73. The summed E-state index contributed by atoms with van der Waals surface area (Å²) in [4.78, 5) is 0. The normalized spacial score (nSPS) is 19.9. The molecule has 1 unspecified atom stereocenters. The van der Waals surface area contributed by atoms with Gasteiger partial charge in [-0.1, -0.05) is 0 Å². The van der Waals surface area contributed by atoms with Crippen molar-refractivity contribution in [1.29, 1.82) is 0 Å². The molecule has 2 aromatic rings. The smallest absolute Gasteiger partial charge is 0.234 e. The molecule has 0 radical (unpaired) electrons. The Morgan fingerprint density at radius 1 is 1.37 bits per heavy atom. The lowest BCUT2D eigenvalue weighted by atomic mass is 10.2. The van der Waals surface area contributed by atoms with E-state index in [4.69, 9.17) is 0 Å². The first kappa shape index (κ1) is 12.9. The van der Waals surface area contributed by atoms with Crippen molar-refractivity contribution in [3.63, 3.8) is 0 Å². The van der Waals surface area contributed by atoms with Gasteiger partial charge in [0.25, 0.3) is 0 Å². The van der Waals surface area contributed by atoms with Crippen LogP contribution in [0.25, 0.3) is 10.1 Å². The van der Waals surface area contributed by atoms with Crippen LogP contribution in [-0.4, -0.2) is 26.8 Å². The van der Waals surface area contributed by atoms with Crippen molar-refractivity contribution in [1.82, 2.24) is 5.32 Å². The molecule has 0 bridgehead atoms. The molecule has 2 heterocycles. The first-order valence-corrected chi connectivity index (χ1v) is 8.87. The molecule has 1 aliphatic rings. The Hall–Kier alpha value is -1.11. The van der Waals surface area contributed by atoms with Crippen molar-refractivity contribution >= 4 is 37.1 Å². The van der Waals surface area contributed by atoms with Crippen molar-refractivity contribution in [2.45, 2.75) is 18.9 Å². The lowest BCUT2D eigenvalue weighted by Crippen LogP contribution is -2.32. The molecule has 0 amide bonds. The summed E-state index contributed by atoms with van der Waals surface area (Å²) in [5, 5.41) is 6.29. The van der Waals surface area contributed by atoms with E-state index in [1.807, 2.05) is 29.6 Å². The van der Waals surface area contributed by atoms with Gasteiger partial charge in [-0.3, -0.25) is 4.72 Å². The third-order valence-electron chi connectivity index (χ3n) is 3.31. The Morgan fingerprint density at radius 2 is 2.26 bits per heavy atom. The zero-order valence-corrected chi connectivity index (χ0v) is 12.1. The lowest BCUT2D eigenvalue weighted by Gasteiger charge is -2.12. The average molecular weight is 296 g/mol. The van der Waals surface area contributed by atoms with Crippen LogP contribution in [0.1, 0.15) is 12.8 Å². The molecule has 3 rings (SSSR count). The van der Waals surface area contributed by atoms with E-state index < -0.39 is 10.0 Å². The molecule has 19 heavy (non-hydrogen) atoms. The van der Waals surface area contributed by atoms with Crippen LogP contribution in [0, 0.1) is 0 Å². The molecule has 1 saturated heterocycles. The molecular formula is C13H16N2O2S2. The van der Waals surface area contributed by atoms with E-state index in [0.29, 0.717) is 5.69 Å². The van der Waals surface area contributed by atoms with Crippen LogP contribution >= 0.6 is 11.3 Å². The number of sulfonamides is 1. The number of thiophene rings is 1. The predicted molar refractivity (Wildman–Crippen MR) is 80.3 cm³/mol. The minimum atomic E-state index is -3.28. The number of anilines is 1. The fourth-order valence-corrected chi connectivity index (χ4v) is 4.57. The predicted octanol–water partition coefficient (Wildman–Crippen LogP) is 2.40. The van der Waals surface area contributed by atoms with E-state index in [1.54, 1.807) is 11.3 Å². The Morgan fingerprint density at radius 3 is 3.05 bits per heavy atom. The first-order valence-electron chi connectivity index (χ1n) is 6.33. The fourth-order valence-electron chi connectivity index (χ4n) is 2.42. The molecule has 1 aliphatic heterocycles. The minimum Gasteiger partial charge on any atom is -0.313 e. The molecule has 6 heteroatoms. The van der Waals surface area contributed by atoms with Crippen molar-refractivity contribution in [2.75, 3.05) is 17.0 Å². The van der Waals surface area contributed by atoms with E-state index in [9.17, 15) is 8.42 Å². The van der Waals surface area contributed by atoms with Crippen LogP contribution in [0.4, 0.5) is 5.69 Å². The lowest BCUT2D eigenvalue weighted by molar-refractivity contribution is 0.582. The summed E-state index contributed by atoms with van der Waals surface area (Å²) in [6.07, 6.45) is 1.99. The van der Waals surface area contributed by atoms with Gasteiger partial charge in [0.15, 0.2) is 0 Å². The minimum absolute atomic E-state index is 0.0855. The SMILES string of the molecule is O=S(=O)(CC1CCCN1)Nc1ccc2sccc2c1. The van der Waals surface area contributed by atoms with Gasteiger partial charge in [-0.2, -0.15) is 0 Å². The largest absolute Gasteiger partial charge is 0.313 e. The summed E-state index contributed by atoms with van der Waals surface area (Å²) in [7, 11) is -3.28. The maximum absolute atomic E-state index is 12.1. The van der Waals surface area contributed by atoms with E-state index in [-0.39, 0.29) is 11.8 Å². The van der Waals surface area contributed by atoms with Gasteiger partial charge in [0.05, 0.1) is 5.75 Å². The van der Waals surface area contributed by atoms with E-state index >= 15 is 0 Å². The monoisotopic (exact) mass is 296 g/mol. The van der Waals surface area contributed by atoms with E-state index in [0.717, 1.165) is 24.8 Å². The molecule has 0 saturated carbocycles. The third-order valence-corrected chi connectivity index (χ3v) is 5.59. The molecule has 1 fully saturated rings. The second-order valence-electron chi connectivity index (χ2n) is 4.85. The van der Waals surface area contributed by atoms with Crippen LogP contribution in [0.2, 0.25) is 0 Å². The van der Waals surface area contributed by atoms with Gasteiger partial charge in [-0.25, -0.2) is 8.42 Å². The summed E-state index contributed by atoms with van der Waals surface area (Å²) >= 11 is 1.65. The molecule has 0 aliphatic carbocycles. The van der Waals surface area contributed by atoms with Crippen LogP contribution < -0.4 is 10.0 Å². The standard InChI is InChI=1S/C13H16N2O2S2/c16-19(17,9-12-2-1-6-14-12)15-11-3-4-13-10(8-11)5-7-18-13/h3-5,7-8,12,14-15H,1-2,6,9H2. The molecule has 102 valence electrons. The average Bonchev–Trinajstić information content (AvgIpc) is 2.97. The molecular weight excluding hydrogens is 280 g/mol. The van der Waals surface area contributed by atoms with Gasteiger partial charge in [-0.05, 0) is 54.4 Å².